The lowest BCUT2D eigenvalue weighted by molar-refractivity contribution is -0.115. The maximum atomic E-state index is 11.9. The van der Waals surface area contributed by atoms with Gasteiger partial charge in [-0.1, -0.05) is 35.9 Å². The summed E-state index contributed by atoms with van der Waals surface area (Å²) in [4.78, 5) is 23.6. The van der Waals surface area contributed by atoms with Crippen LogP contribution < -0.4 is 16.0 Å². The number of benzene rings is 2. The number of anilines is 1. The molecule has 5 nitrogen and oxygen atoms in total. The molecule has 0 aliphatic carbocycles. The van der Waals surface area contributed by atoms with E-state index >= 15 is 0 Å². The van der Waals surface area contributed by atoms with Crippen molar-refractivity contribution in [1.29, 1.82) is 0 Å². The number of aryl methyl sites for hydroxylation is 3. The Morgan fingerprint density at radius 1 is 0.833 bits per heavy atom. The molecule has 2 aromatic carbocycles. The fraction of sp³-hybridized carbons (Fsp3) is 0.263. The van der Waals surface area contributed by atoms with Crippen molar-refractivity contribution in [1.82, 2.24) is 10.6 Å². The van der Waals surface area contributed by atoms with E-state index in [0.29, 0.717) is 6.54 Å². The highest BCUT2D eigenvalue weighted by atomic mass is 16.2. The summed E-state index contributed by atoms with van der Waals surface area (Å²) in [7, 11) is 0. The zero-order chi connectivity index (χ0) is 17.5. The van der Waals surface area contributed by atoms with Crippen molar-refractivity contribution in [3.05, 3.63) is 64.7 Å². The number of rotatable bonds is 5. The van der Waals surface area contributed by atoms with Crippen LogP contribution in [0.4, 0.5) is 10.5 Å². The molecule has 126 valence electrons. The fourth-order valence-corrected chi connectivity index (χ4v) is 2.36. The zero-order valence-electron chi connectivity index (χ0n) is 14.3. The molecule has 0 atom stereocenters. The van der Waals surface area contributed by atoms with Gasteiger partial charge < -0.3 is 16.0 Å². The van der Waals surface area contributed by atoms with Crippen molar-refractivity contribution in [2.45, 2.75) is 27.3 Å². The van der Waals surface area contributed by atoms with Gasteiger partial charge in [0.05, 0.1) is 6.54 Å². The number of carbonyl (C=O) groups is 2. The van der Waals surface area contributed by atoms with Gasteiger partial charge >= 0.3 is 6.03 Å². The summed E-state index contributed by atoms with van der Waals surface area (Å²) < 4.78 is 0. The average molecular weight is 325 g/mol. The van der Waals surface area contributed by atoms with Crippen LogP contribution in [0, 0.1) is 20.8 Å². The van der Waals surface area contributed by atoms with Crippen molar-refractivity contribution in [3.8, 4) is 0 Å². The van der Waals surface area contributed by atoms with E-state index < -0.39 is 0 Å². The molecule has 3 N–H and O–H groups in total. The first-order valence-electron chi connectivity index (χ1n) is 7.88. The van der Waals surface area contributed by atoms with Crippen LogP contribution in [0.2, 0.25) is 0 Å². The number of amides is 3. The molecular weight excluding hydrogens is 302 g/mol. The first kappa shape index (κ1) is 17.5. The first-order valence-corrected chi connectivity index (χ1v) is 7.88. The molecular formula is C19H23N3O2. The third-order valence-electron chi connectivity index (χ3n) is 3.49. The molecule has 0 aliphatic rings. The third-order valence-corrected chi connectivity index (χ3v) is 3.49. The van der Waals surface area contributed by atoms with E-state index in [1.807, 2.05) is 63.2 Å². The minimum Gasteiger partial charge on any atom is -0.334 e. The lowest BCUT2D eigenvalue weighted by atomic mass is 10.1. The monoisotopic (exact) mass is 325 g/mol. The van der Waals surface area contributed by atoms with E-state index in [1.165, 1.54) is 5.56 Å². The lowest BCUT2D eigenvalue weighted by Crippen LogP contribution is -2.39. The molecule has 0 aromatic heterocycles. The molecule has 0 bridgehead atoms. The van der Waals surface area contributed by atoms with Gasteiger partial charge in [0, 0.05) is 12.2 Å². The fourth-order valence-electron chi connectivity index (χ4n) is 2.36. The van der Waals surface area contributed by atoms with Gasteiger partial charge in [0.2, 0.25) is 5.91 Å². The van der Waals surface area contributed by atoms with Crippen LogP contribution >= 0.6 is 0 Å². The summed E-state index contributed by atoms with van der Waals surface area (Å²) in [5.74, 6) is -0.259. The minimum atomic E-state index is -0.369. The van der Waals surface area contributed by atoms with Crippen LogP contribution in [0.15, 0.2) is 42.5 Å². The van der Waals surface area contributed by atoms with E-state index in [-0.39, 0.29) is 18.5 Å². The molecule has 0 saturated carbocycles. The Labute approximate surface area is 142 Å². The van der Waals surface area contributed by atoms with Crippen molar-refractivity contribution in [2.75, 3.05) is 11.9 Å². The van der Waals surface area contributed by atoms with E-state index in [2.05, 4.69) is 16.0 Å². The predicted molar refractivity (Wildman–Crippen MR) is 96.0 cm³/mol. The SMILES string of the molecule is Cc1ccc(CNC(=O)NCC(=O)Nc2cc(C)cc(C)c2)cc1. The smallest absolute Gasteiger partial charge is 0.315 e. The van der Waals surface area contributed by atoms with Crippen molar-refractivity contribution >= 4 is 17.6 Å². The van der Waals surface area contributed by atoms with E-state index in [9.17, 15) is 9.59 Å². The Hall–Kier alpha value is -2.82. The second kappa shape index (κ2) is 8.15. The molecule has 0 radical (unpaired) electrons. The van der Waals surface area contributed by atoms with Crippen LogP contribution in [0.1, 0.15) is 22.3 Å². The Kier molecular flexibility index (Phi) is 5.95. The van der Waals surface area contributed by atoms with Crippen LogP contribution in [-0.2, 0) is 11.3 Å². The topological polar surface area (TPSA) is 70.2 Å². The van der Waals surface area contributed by atoms with Gasteiger partial charge in [-0.25, -0.2) is 4.79 Å². The molecule has 0 fully saturated rings. The van der Waals surface area contributed by atoms with Gasteiger partial charge in [-0.2, -0.15) is 0 Å². The maximum Gasteiger partial charge on any atom is 0.315 e. The standard InChI is InChI=1S/C19H23N3O2/c1-13-4-6-16(7-5-13)11-20-19(24)21-12-18(23)22-17-9-14(2)8-15(3)10-17/h4-10H,11-12H2,1-3H3,(H,22,23)(H2,20,21,24). The molecule has 3 amide bonds. The molecule has 2 rings (SSSR count). The summed E-state index contributed by atoms with van der Waals surface area (Å²) >= 11 is 0. The van der Waals surface area contributed by atoms with Gasteiger partial charge in [-0.3, -0.25) is 4.79 Å². The van der Waals surface area contributed by atoms with E-state index in [4.69, 9.17) is 0 Å². The molecule has 0 spiro atoms. The Balaban J connectivity index is 1.74. The van der Waals surface area contributed by atoms with Crippen LogP contribution in [0.3, 0.4) is 0 Å². The van der Waals surface area contributed by atoms with Gasteiger partial charge in [0.25, 0.3) is 0 Å². The molecule has 0 saturated heterocycles. The lowest BCUT2D eigenvalue weighted by Gasteiger charge is -2.10. The molecule has 5 heteroatoms. The van der Waals surface area contributed by atoms with Crippen LogP contribution in [-0.4, -0.2) is 18.5 Å². The molecule has 0 aliphatic heterocycles. The second-order valence-corrected chi connectivity index (χ2v) is 5.95. The quantitative estimate of drug-likeness (QED) is 0.791. The van der Waals surface area contributed by atoms with Crippen molar-refractivity contribution < 1.29 is 9.59 Å². The number of urea groups is 1. The van der Waals surface area contributed by atoms with Gasteiger partial charge in [0.15, 0.2) is 0 Å². The normalized spacial score (nSPS) is 10.1. The minimum absolute atomic E-state index is 0.0767. The molecule has 2 aromatic rings. The van der Waals surface area contributed by atoms with E-state index in [0.717, 1.165) is 22.4 Å². The highest BCUT2D eigenvalue weighted by Gasteiger charge is 2.06. The highest BCUT2D eigenvalue weighted by molar-refractivity contribution is 5.94. The molecule has 24 heavy (non-hydrogen) atoms. The number of nitrogens with one attached hydrogen (secondary N) is 3. The Morgan fingerprint density at radius 2 is 1.46 bits per heavy atom. The summed E-state index contributed by atoms with van der Waals surface area (Å²) in [6.07, 6.45) is 0. The summed E-state index contributed by atoms with van der Waals surface area (Å²) in [5, 5.41) is 8.05. The summed E-state index contributed by atoms with van der Waals surface area (Å²) in [5.41, 5.74) is 5.07. The van der Waals surface area contributed by atoms with E-state index in [1.54, 1.807) is 0 Å². The largest absolute Gasteiger partial charge is 0.334 e. The Bertz CT molecular complexity index is 704. The summed E-state index contributed by atoms with van der Waals surface area (Å²) in [6.45, 7) is 6.30. The number of carbonyl (C=O) groups excluding carboxylic acids is 2. The Morgan fingerprint density at radius 3 is 2.08 bits per heavy atom. The number of hydrogen-bond donors (Lipinski definition) is 3. The van der Waals surface area contributed by atoms with Crippen LogP contribution in [0.5, 0.6) is 0 Å². The predicted octanol–water partition coefficient (Wildman–Crippen LogP) is 3.05. The second-order valence-electron chi connectivity index (χ2n) is 5.95. The molecule has 0 unspecified atom stereocenters. The van der Waals surface area contributed by atoms with Gasteiger partial charge in [0.1, 0.15) is 0 Å². The van der Waals surface area contributed by atoms with Gasteiger partial charge in [-0.05, 0) is 49.6 Å². The zero-order valence-corrected chi connectivity index (χ0v) is 14.3. The summed E-state index contributed by atoms with van der Waals surface area (Å²) in [6, 6.07) is 13.4. The van der Waals surface area contributed by atoms with Crippen molar-refractivity contribution in [2.24, 2.45) is 0 Å². The first-order chi connectivity index (χ1) is 11.4. The maximum absolute atomic E-state index is 11.9. The number of hydrogen-bond acceptors (Lipinski definition) is 2. The van der Waals surface area contributed by atoms with Crippen molar-refractivity contribution in [3.63, 3.8) is 0 Å². The highest BCUT2D eigenvalue weighted by Crippen LogP contribution is 2.13. The van der Waals surface area contributed by atoms with Crippen LogP contribution in [0.25, 0.3) is 0 Å². The third kappa shape index (κ3) is 5.76. The van der Waals surface area contributed by atoms with Gasteiger partial charge in [-0.15, -0.1) is 0 Å². The average Bonchev–Trinajstić information content (AvgIpc) is 2.51. The molecule has 0 heterocycles.